The van der Waals surface area contributed by atoms with Crippen molar-refractivity contribution in [3.8, 4) is 11.3 Å². The number of hydrogen-bond acceptors (Lipinski definition) is 6. The van der Waals surface area contributed by atoms with E-state index in [2.05, 4.69) is 0 Å². The lowest BCUT2D eigenvalue weighted by molar-refractivity contribution is -0.384. The van der Waals surface area contributed by atoms with Gasteiger partial charge in [-0.2, -0.15) is 0 Å². The maximum atomic E-state index is 12.8. The van der Waals surface area contributed by atoms with Crippen molar-refractivity contribution in [1.29, 1.82) is 0 Å². The van der Waals surface area contributed by atoms with Crippen molar-refractivity contribution in [1.82, 2.24) is 4.90 Å². The Bertz CT molecular complexity index is 1010. The summed E-state index contributed by atoms with van der Waals surface area (Å²) in [5.74, 6) is 1.45. The number of amides is 1. The van der Waals surface area contributed by atoms with Gasteiger partial charge in [-0.05, 0) is 30.5 Å². The van der Waals surface area contributed by atoms with E-state index in [0.717, 1.165) is 6.42 Å². The number of carbonyl (C=O) groups is 1. The third-order valence-corrected chi connectivity index (χ3v) is 7.00. The van der Waals surface area contributed by atoms with Gasteiger partial charge in [0, 0.05) is 18.7 Å². The van der Waals surface area contributed by atoms with E-state index in [1.165, 1.54) is 49.9 Å². The molecule has 1 amide bonds. The van der Waals surface area contributed by atoms with Gasteiger partial charge < -0.3 is 4.42 Å². The summed E-state index contributed by atoms with van der Waals surface area (Å²) in [5, 5.41) is 11.3. The van der Waals surface area contributed by atoms with Gasteiger partial charge in [0.05, 0.1) is 15.4 Å². The molecule has 1 aromatic carbocycles. The van der Waals surface area contributed by atoms with Gasteiger partial charge in [-0.15, -0.1) is 0 Å². The third-order valence-electron chi connectivity index (χ3n) is 5.63. The monoisotopic (exact) mass is 442 g/mol. The lowest BCUT2D eigenvalue weighted by Gasteiger charge is -2.23. The summed E-state index contributed by atoms with van der Waals surface area (Å²) in [6, 6.07) is 9.81. The zero-order chi connectivity index (χ0) is 21.1. The summed E-state index contributed by atoms with van der Waals surface area (Å²) in [7, 11) is 0. The topological polar surface area (TPSA) is 76.6 Å². The number of carbonyl (C=O) groups excluding carboxylic acids is 1. The minimum absolute atomic E-state index is 0.0209. The van der Waals surface area contributed by atoms with Crippen molar-refractivity contribution < 1.29 is 14.1 Å². The number of para-hydroxylation sites is 1. The second kappa shape index (κ2) is 9.14. The van der Waals surface area contributed by atoms with Crippen molar-refractivity contribution in [2.45, 2.75) is 38.5 Å². The smallest absolute Gasteiger partial charge is 0.280 e. The lowest BCUT2D eigenvalue weighted by Crippen LogP contribution is -2.30. The average Bonchev–Trinajstić information content (AvgIpc) is 3.32. The fraction of sp³-hybridized carbons (Fsp3) is 0.364. The molecule has 2 aromatic rings. The number of nitrogens with zero attached hydrogens (tertiary/aromatic N) is 2. The summed E-state index contributed by atoms with van der Waals surface area (Å²) in [5.41, 5.74) is 0.384. The quantitative estimate of drug-likeness (QED) is 0.235. The molecule has 6 nitrogen and oxygen atoms in total. The second-order valence-electron chi connectivity index (χ2n) is 7.60. The van der Waals surface area contributed by atoms with Crippen LogP contribution >= 0.6 is 24.0 Å². The van der Waals surface area contributed by atoms with Crippen molar-refractivity contribution in [2.75, 3.05) is 6.54 Å². The predicted octanol–water partition coefficient (Wildman–Crippen LogP) is 6.03. The number of furan rings is 1. The van der Waals surface area contributed by atoms with E-state index in [1.54, 1.807) is 41.3 Å². The number of thiocarbonyl (C=S) groups is 1. The molecule has 1 saturated carbocycles. The molecule has 1 aliphatic heterocycles. The second-order valence-corrected chi connectivity index (χ2v) is 9.28. The Hall–Kier alpha value is -2.45. The molecule has 2 heterocycles. The standard InChI is InChI=1S/C22H22N2O4S2/c25-21-20(30-22(29)23(21)13-12-15-6-2-1-3-7-15)14-16-10-11-19(28-16)17-8-4-5-9-18(17)24(26)27/h4-5,8-11,14-15H,1-3,6-7,12-13H2/b20-14-. The highest BCUT2D eigenvalue weighted by molar-refractivity contribution is 8.26. The average molecular weight is 443 g/mol. The largest absolute Gasteiger partial charge is 0.456 e. The molecule has 0 N–H and O–H groups in total. The predicted molar refractivity (Wildman–Crippen MR) is 122 cm³/mol. The van der Waals surface area contributed by atoms with Crippen molar-refractivity contribution in [3.63, 3.8) is 0 Å². The highest BCUT2D eigenvalue weighted by atomic mass is 32.2. The molecule has 30 heavy (non-hydrogen) atoms. The van der Waals surface area contributed by atoms with Crippen LogP contribution in [0.1, 0.15) is 44.3 Å². The Morgan fingerprint density at radius 2 is 1.97 bits per heavy atom. The van der Waals surface area contributed by atoms with Gasteiger partial charge in [0.15, 0.2) is 0 Å². The van der Waals surface area contributed by atoms with Gasteiger partial charge in [0.2, 0.25) is 0 Å². The number of nitro benzene ring substituents is 1. The van der Waals surface area contributed by atoms with Crippen LogP contribution < -0.4 is 0 Å². The Balaban J connectivity index is 1.47. The summed E-state index contributed by atoms with van der Waals surface area (Å²) < 4.78 is 6.36. The van der Waals surface area contributed by atoms with Crippen molar-refractivity contribution >= 4 is 46.0 Å². The summed E-state index contributed by atoms with van der Waals surface area (Å²) >= 11 is 6.70. The van der Waals surface area contributed by atoms with Gasteiger partial charge in [-0.25, -0.2) is 0 Å². The van der Waals surface area contributed by atoms with E-state index >= 15 is 0 Å². The fourth-order valence-corrected chi connectivity index (χ4v) is 5.31. The van der Waals surface area contributed by atoms with E-state index < -0.39 is 4.92 Å². The molecule has 4 rings (SSSR count). The van der Waals surface area contributed by atoms with Gasteiger partial charge in [-0.1, -0.05) is 68.2 Å². The molecule has 8 heteroatoms. The van der Waals surface area contributed by atoms with Crippen LogP contribution in [-0.4, -0.2) is 26.6 Å². The van der Waals surface area contributed by atoms with Crippen molar-refractivity contribution in [3.05, 3.63) is 57.2 Å². The summed E-state index contributed by atoms with van der Waals surface area (Å²) in [4.78, 5) is 25.9. The Labute approximate surface area is 184 Å². The summed E-state index contributed by atoms with van der Waals surface area (Å²) in [6.07, 6.45) is 9.02. The molecule has 0 unspecified atom stereocenters. The molecular weight excluding hydrogens is 420 g/mol. The minimum Gasteiger partial charge on any atom is -0.456 e. The number of hydrogen-bond donors (Lipinski definition) is 0. The maximum absolute atomic E-state index is 12.8. The summed E-state index contributed by atoms with van der Waals surface area (Å²) in [6.45, 7) is 0.659. The van der Waals surface area contributed by atoms with Crippen LogP contribution in [0.5, 0.6) is 0 Å². The Morgan fingerprint density at radius 3 is 2.73 bits per heavy atom. The number of benzene rings is 1. The zero-order valence-corrected chi connectivity index (χ0v) is 18.0. The SMILES string of the molecule is O=C1/C(=C/c2ccc(-c3ccccc3[N+](=O)[O-])o2)SC(=S)N1CCC1CCCCC1. The Morgan fingerprint density at radius 1 is 1.20 bits per heavy atom. The van der Waals surface area contributed by atoms with Crippen molar-refractivity contribution in [2.24, 2.45) is 5.92 Å². The molecule has 0 atom stereocenters. The van der Waals surface area contributed by atoms with Gasteiger partial charge in [0.25, 0.3) is 11.6 Å². The highest BCUT2D eigenvalue weighted by Crippen LogP contribution is 2.36. The first-order valence-corrected chi connectivity index (χ1v) is 11.3. The first-order chi connectivity index (χ1) is 14.5. The zero-order valence-electron chi connectivity index (χ0n) is 16.4. The number of rotatable bonds is 6. The molecule has 2 aliphatic rings. The van der Waals surface area contributed by atoms with E-state index in [4.69, 9.17) is 16.6 Å². The molecule has 0 bridgehead atoms. The first kappa shape index (κ1) is 20.8. The number of thioether (sulfide) groups is 1. The van der Waals surface area contributed by atoms with Crippen LogP contribution in [0.15, 0.2) is 45.7 Å². The fourth-order valence-electron chi connectivity index (χ4n) is 4.03. The van der Waals surface area contributed by atoms with Crippen LogP contribution in [0.3, 0.4) is 0 Å². The van der Waals surface area contributed by atoms with E-state index in [9.17, 15) is 14.9 Å². The molecular formula is C22H22N2O4S2. The van der Waals surface area contributed by atoms with E-state index in [1.807, 2.05) is 0 Å². The third kappa shape index (κ3) is 4.49. The number of nitro groups is 1. The molecule has 1 aromatic heterocycles. The van der Waals surface area contributed by atoms with Gasteiger partial charge in [0.1, 0.15) is 15.8 Å². The minimum atomic E-state index is -0.436. The first-order valence-electron chi connectivity index (χ1n) is 10.1. The molecule has 1 saturated heterocycles. The molecule has 2 fully saturated rings. The lowest BCUT2D eigenvalue weighted by atomic mass is 9.87. The van der Waals surface area contributed by atoms with E-state index in [0.29, 0.717) is 38.8 Å². The highest BCUT2D eigenvalue weighted by Gasteiger charge is 2.32. The molecule has 1 aliphatic carbocycles. The van der Waals surface area contributed by atoms with Crippen LogP contribution in [0.2, 0.25) is 0 Å². The van der Waals surface area contributed by atoms with Crippen LogP contribution in [0.4, 0.5) is 5.69 Å². The molecule has 156 valence electrons. The normalized spacial score (nSPS) is 19.1. The van der Waals surface area contributed by atoms with Crippen LogP contribution in [0, 0.1) is 16.0 Å². The van der Waals surface area contributed by atoms with Gasteiger partial charge >= 0.3 is 0 Å². The van der Waals surface area contributed by atoms with Gasteiger partial charge in [-0.3, -0.25) is 19.8 Å². The Kier molecular flexibility index (Phi) is 6.34. The molecule has 0 radical (unpaired) electrons. The maximum Gasteiger partial charge on any atom is 0.280 e. The molecule has 0 spiro atoms. The van der Waals surface area contributed by atoms with E-state index in [-0.39, 0.29) is 11.6 Å². The van der Waals surface area contributed by atoms with Crippen LogP contribution in [0.25, 0.3) is 17.4 Å². The van der Waals surface area contributed by atoms with Crippen LogP contribution in [-0.2, 0) is 4.79 Å².